The lowest BCUT2D eigenvalue weighted by molar-refractivity contribution is 0.0949. The molecule has 0 fully saturated rings. The Morgan fingerprint density at radius 3 is 3.14 bits per heavy atom. The molecule has 4 heteroatoms. The van der Waals surface area contributed by atoms with Crippen LogP contribution in [0.5, 0.6) is 0 Å². The number of benzene rings is 1. The zero-order valence-electron chi connectivity index (χ0n) is 12.1. The molecule has 1 amide bonds. The smallest absolute Gasteiger partial charge is 0.251 e. The lowest BCUT2D eigenvalue weighted by Gasteiger charge is -2.20. The van der Waals surface area contributed by atoms with Gasteiger partial charge in [0.1, 0.15) is 0 Å². The van der Waals surface area contributed by atoms with Crippen molar-refractivity contribution >= 4 is 5.91 Å². The molecule has 3 rings (SSSR count). The predicted molar refractivity (Wildman–Crippen MR) is 82.0 cm³/mol. The van der Waals surface area contributed by atoms with Crippen LogP contribution in [0, 0.1) is 6.92 Å². The molecule has 4 nitrogen and oxygen atoms in total. The van der Waals surface area contributed by atoms with Crippen molar-refractivity contribution in [2.75, 3.05) is 6.54 Å². The van der Waals surface area contributed by atoms with Crippen LogP contribution in [-0.4, -0.2) is 17.4 Å². The van der Waals surface area contributed by atoms with Gasteiger partial charge in [-0.3, -0.25) is 9.78 Å². The molecule has 0 bridgehead atoms. The van der Waals surface area contributed by atoms with E-state index in [2.05, 4.69) is 21.7 Å². The SMILES string of the molecule is Cc1cnccc1CNC(=O)c1cccc2c1CCNC2. The van der Waals surface area contributed by atoms with Gasteiger partial charge in [0, 0.05) is 31.0 Å². The first kappa shape index (κ1) is 13.8. The number of pyridine rings is 1. The van der Waals surface area contributed by atoms with Gasteiger partial charge in [-0.25, -0.2) is 0 Å². The van der Waals surface area contributed by atoms with Crippen LogP contribution < -0.4 is 10.6 Å². The third-order valence-electron chi connectivity index (χ3n) is 3.96. The van der Waals surface area contributed by atoms with Crippen molar-refractivity contribution in [2.24, 2.45) is 0 Å². The summed E-state index contributed by atoms with van der Waals surface area (Å²) in [4.78, 5) is 16.5. The Morgan fingerprint density at radius 1 is 1.38 bits per heavy atom. The maximum Gasteiger partial charge on any atom is 0.251 e. The summed E-state index contributed by atoms with van der Waals surface area (Å²) < 4.78 is 0. The number of nitrogens with zero attached hydrogens (tertiary/aromatic N) is 1. The van der Waals surface area contributed by atoms with Crippen molar-refractivity contribution < 1.29 is 4.79 Å². The van der Waals surface area contributed by atoms with Crippen LogP contribution in [0.4, 0.5) is 0 Å². The lowest BCUT2D eigenvalue weighted by Crippen LogP contribution is -2.29. The fraction of sp³-hybridized carbons (Fsp3) is 0.294. The molecule has 21 heavy (non-hydrogen) atoms. The molecule has 0 atom stereocenters. The molecule has 0 unspecified atom stereocenters. The zero-order valence-corrected chi connectivity index (χ0v) is 12.1. The molecule has 0 spiro atoms. The van der Waals surface area contributed by atoms with Gasteiger partial charge in [0.05, 0.1) is 0 Å². The lowest BCUT2D eigenvalue weighted by atomic mass is 9.95. The van der Waals surface area contributed by atoms with Crippen LogP contribution >= 0.6 is 0 Å². The van der Waals surface area contributed by atoms with Gasteiger partial charge in [-0.15, -0.1) is 0 Å². The van der Waals surface area contributed by atoms with Gasteiger partial charge in [-0.2, -0.15) is 0 Å². The minimum Gasteiger partial charge on any atom is -0.348 e. The Balaban J connectivity index is 1.76. The van der Waals surface area contributed by atoms with Crippen LogP contribution in [0.1, 0.15) is 32.6 Å². The Morgan fingerprint density at radius 2 is 2.29 bits per heavy atom. The highest BCUT2D eigenvalue weighted by Crippen LogP contribution is 2.18. The highest BCUT2D eigenvalue weighted by molar-refractivity contribution is 5.96. The largest absolute Gasteiger partial charge is 0.348 e. The maximum absolute atomic E-state index is 12.5. The van der Waals surface area contributed by atoms with Crippen molar-refractivity contribution in [3.63, 3.8) is 0 Å². The summed E-state index contributed by atoms with van der Waals surface area (Å²) in [5, 5.41) is 6.35. The van der Waals surface area contributed by atoms with Gasteiger partial charge in [-0.1, -0.05) is 12.1 Å². The Hall–Kier alpha value is -2.20. The molecular weight excluding hydrogens is 262 g/mol. The normalized spacial score (nSPS) is 13.6. The summed E-state index contributed by atoms with van der Waals surface area (Å²) in [6.07, 6.45) is 4.48. The number of nitrogens with one attached hydrogen (secondary N) is 2. The molecule has 0 radical (unpaired) electrons. The summed E-state index contributed by atoms with van der Waals surface area (Å²) in [6.45, 7) is 4.32. The van der Waals surface area contributed by atoms with Gasteiger partial charge in [0.2, 0.25) is 0 Å². The standard InChI is InChI=1S/C17H19N3O/c1-12-9-18-7-5-13(12)11-20-17(21)16-4-2-3-14-10-19-8-6-15(14)16/h2-5,7,9,19H,6,8,10-11H2,1H3,(H,20,21). The summed E-state index contributed by atoms with van der Waals surface area (Å²) in [6, 6.07) is 7.91. The predicted octanol–water partition coefficient (Wildman–Crippen LogP) is 1.97. The second kappa shape index (κ2) is 6.06. The van der Waals surface area contributed by atoms with E-state index in [1.54, 1.807) is 6.20 Å². The van der Waals surface area contributed by atoms with E-state index in [1.165, 1.54) is 11.1 Å². The fourth-order valence-corrected chi connectivity index (χ4v) is 2.72. The van der Waals surface area contributed by atoms with Crippen molar-refractivity contribution in [1.29, 1.82) is 0 Å². The van der Waals surface area contributed by atoms with E-state index in [1.807, 2.05) is 31.3 Å². The molecule has 0 saturated carbocycles. The van der Waals surface area contributed by atoms with E-state index >= 15 is 0 Å². The van der Waals surface area contributed by atoms with Gasteiger partial charge in [0.15, 0.2) is 0 Å². The van der Waals surface area contributed by atoms with E-state index in [0.717, 1.165) is 36.2 Å². The van der Waals surface area contributed by atoms with Gasteiger partial charge in [-0.05, 0) is 54.3 Å². The molecular formula is C17H19N3O. The topological polar surface area (TPSA) is 54.0 Å². The molecule has 1 aliphatic rings. The van der Waals surface area contributed by atoms with Crippen LogP contribution in [0.2, 0.25) is 0 Å². The minimum atomic E-state index is 0.00459. The van der Waals surface area contributed by atoms with E-state index < -0.39 is 0 Å². The monoisotopic (exact) mass is 281 g/mol. The molecule has 1 aromatic carbocycles. The molecule has 2 aromatic rings. The number of hydrogen-bond acceptors (Lipinski definition) is 3. The summed E-state index contributed by atoms with van der Waals surface area (Å²) in [5.74, 6) is 0.00459. The number of aryl methyl sites for hydroxylation is 1. The summed E-state index contributed by atoms with van der Waals surface area (Å²) >= 11 is 0. The first-order valence-corrected chi connectivity index (χ1v) is 7.25. The Kier molecular flexibility index (Phi) is 3.97. The highest BCUT2D eigenvalue weighted by atomic mass is 16.1. The molecule has 0 saturated heterocycles. The third-order valence-corrected chi connectivity index (χ3v) is 3.96. The van der Waals surface area contributed by atoms with Crippen molar-refractivity contribution in [3.8, 4) is 0 Å². The fourth-order valence-electron chi connectivity index (χ4n) is 2.72. The Labute approximate surface area is 124 Å². The number of carbonyl (C=O) groups is 1. The molecule has 1 aromatic heterocycles. The van der Waals surface area contributed by atoms with Crippen molar-refractivity contribution in [3.05, 3.63) is 64.5 Å². The Bertz CT molecular complexity index is 667. The van der Waals surface area contributed by atoms with Gasteiger partial charge >= 0.3 is 0 Å². The number of amides is 1. The van der Waals surface area contributed by atoms with E-state index in [9.17, 15) is 4.79 Å². The average molecular weight is 281 g/mol. The molecule has 2 heterocycles. The van der Waals surface area contributed by atoms with E-state index in [0.29, 0.717) is 6.54 Å². The number of aromatic nitrogens is 1. The summed E-state index contributed by atoms with van der Waals surface area (Å²) in [5.41, 5.74) is 5.41. The van der Waals surface area contributed by atoms with E-state index in [-0.39, 0.29) is 5.91 Å². The first-order chi connectivity index (χ1) is 10.3. The number of hydrogen-bond donors (Lipinski definition) is 2. The second-order valence-corrected chi connectivity index (χ2v) is 5.35. The number of carbonyl (C=O) groups excluding carboxylic acids is 1. The summed E-state index contributed by atoms with van der Waals surface area (Å²) in [7, 11) is 0. The third kappa shape index (κ3) is 2.95. The zero-order chi connectivity index (χ0) is 14.7. The van der Waals surface area contributed by atoms with Crippen LogP contribution in [0.15, 0.2) is 36.7 Å². The molecule has 0 aliphatic carbocycles. The van der Waals surface area contributed by atoms with Crippen LogP contribution in [0.3, 0.4) is 0 Å². The van der Waals surface area contributed by atoms with Crippen LogP contribution in [0.25, 0.3) is 0 Å². The van der Waals surface area contributed by atoms with Crippen molar-refractivity contribution in [2.45, 2.75) is 26.4 Å². The van der Waals surface area contributed by atoms with Gasteiger partial charge in [0.25, 0.3) is 5.91 Å². The maximum atomic E-state index is 12.5. The number of rotatable bonds is 3. The van der Waals surface area contributed by atoms with E-state index in [4.69, 9.17) is 0 Å². The molecule has 1 aliphatic heterocycles. The minimum absolute atomic E-state index is 0.00459. The van der Waals surface area contributed by atoms with Crippen molar-refractivity contribution in [1.82, 2.24) is 15.6 Å². The highest BCUT2D eigenvalue weighted by Gasteiger charge is 2.17. The van der Waals surface area contributed by atoms with Crippen LogP contribution in [-0.2, 0) is 19.5 Å². The number of fused-ring (bicyclic) bond motifs is 1. The van der Waals surface area contributed by atoms with Gasteiger partial charge < -0.3 is 10.6 Å². The second-order valence-electron chi connectivity index (χ2n) is 5.35. The average Bonchev–Trinajstić information content (AvgIpc) is 2.53. The molecule has 108 valence electrons. The molecule has 2 N–H and O–H groups in total. The first-order valence-electron chi connectivity index (χ1n) is 7.25. The quantitative estimate of drug-likeness (QED) is 0.904.